The maximum Gasteiger partial charge on any atom is 0.180 e. The molecule has 1 aliphatic rings. The van der Waals surface area contributed by atoms with Crippen molar-refractivity contribution in [2.45, 2.75) is 64.6 Å². The van der Waals surface area contributed by atoms with Gasteiger partial charge >= 0.3 is 0 Å². The van der Waals surface area contributed by atoms with E-state index in [2.05, 4.69) is 5.32 Å². The maximum absolute atomic E-state index is 6.56. The van der Waals surface area contributed by atoms with Gasteiger partial charge in [-0.05, 0) is 49.6 Å². The van der Waals surface area contributed by atoms with Crippen LogP contribution in [-0.4, -0.2) is 12.6 Å². The van der Waals surface area contributed by atoms with Gasteiger partial charge in [0.15, 0.2) is 11.5 Å². The van der Waals surface area contributed by atoms with Crippen LogP contribution in [0.25, 0.3) is 0 Å². The van der Waals surface area contributed by atoms with Crippen molar-refractivity contribution in [1.29, 1.82) is 0 Å². The zero-order valence-corrected chi connectivity index (χ0v) is 19.0. The molecule has 0 aliphatic heterocycles. The maximum atomic E-state index is 6.56. The smallest absolute Gasteiger partial charge is 0.180 e. The van der Waals surface area contributed by atoms with E-state index in [0.29, 0.717) is 39.2 Å². The van der Waals surface area contributed by atoms with Gasteiger partial charge in [-0.2, -0.15) is 0 Å². The molecule has 2 aromatic carbocycles. The molecule has 0 spiro atoms. The van der Waals surface area contributed by atoms with Crippen molar-refractivity contribution in [3.05, 3.63) is 56.5 Å². The highest BCUT2D eigenvalue weighted by Gasteiger charge is 2.16. The van der Waals surface area contributed by atoms with Crippen molar-refractivity contribution < 1.29 is 9.47 Å². The monoisotopic (exact) mass is 455 g/mol. The predicted octanol–water partition coefficient (Wildman–Crippen LogP) is 7.44. The Morgan fingerprint density at radius 3 is 2.28 bits per heavy atom. The molecule has 3 rings (SSSR count). The third-order valence-electron chi connectivity index (χ3n) is 5.24. The second-order valence-corrected chi connectivity index (χ2v) is 8.62. The normalized spacial score (nSPS) is 15.2. The van der Waals surface area contributed by atoms with Gasteiger partial charge in [-0.1, -0.05) is 66.6 Å². The number of benzene rings is 2. The van der Waals surface area contributed by atoms with Crippen molar-refractivity contribution in [3.8, 4) is 11.5 Å². The summed E-state index contributed by atoms with van der Waals surface area (Å²) >= 11 is 19.1. The number of hydrogen-bond acceptors (Lipinski definition) is 3. The van der Waals surface area contributed by atoms with Gasteiger partial charge in [-0.3, -0.25) is 0 Å². The summed E-state index contributed by atoms with van der Waals surface area (Å²) in [4.78, 5) is 0. The molecule has 6 heteroatoms. The van der Waals surface area contributed by atoms with Gasteiger partial charge in [0.05, 0.1) is 11.6 Å². The molecule has 1 aliphatic carbocycles. The van der Waals surface area contributed by atoms with Gasteiger partial charge in [-0.15, -0.1) is 0 Å². The molecule has 0 aromatic heterocycles. The van der Waals surface area contributed by atoms with E-state index in [-0.39, 0.29) is 6.61 Å². The molecule has 0 unspecified atom stereocenters. The van der Waals surface area contributed by atoms with Crippen molar-refractivity contribution in [1.82, 2.24) is 5.32 Å². The quantitative estimate of drug-likeness (QED) is 0.419. The molecule has 29 heavy (non-hydrogen) atoms. The topological polar surface area (TPSA) is 30.5 Å². The summed E-state index contributed by atoms with van der Waals surface area (Å²) in [6.45, 7) is 3.46. The number of halogens is 3. The van der Waals surface area contributed by atoms with Crippen LogP contribution in [0.3, 0.4) is 0 Å². The minimum absolute atomic E-state index is 0.220. The molecule has 158 valence electrons. The number of nitrogens with one attached hydrogen (secondary N) is 1. The van der Waals surface area contributed by atoms with Crippen molar-refractivity contribution in [2.24, 2.45) is 0 Å². The summed E-state index contributed by atoms with van der Waals surface area (Å²) in [7, 11) is 0. The molecular formula is C23H28Cl3NO2. The Labute approximate surface area is 188 Å². The summed E-state index contributed by atoms with van der Waals surface area (Å²) in [5.74, 6) is 1.16. The lowest BCUT2D eigenvalue weighted by atomic mass is 10.1. The fourth-order valence-electron chi connectivity index (χ4n) is 3.69. The van der Waals surface area contributed by atoms with Crippen LogP contribution in [0, 0.1) is 0 Å². The molecule has 0 heterocycles. The van der Waals surface area contributed by atoms with Crippen LogP contribution in [0.1, 0.15) is 56.6 Å². The lowest BCUT2D eigenvalue weighted by molar-refractivity contribution is 0.269. The molecule has 0 bridgehead atoms. The molecule has 2 aromatic rings. The standard InChI is InChI=1S/C23H28Cl3NO2/c1-2-28-22-13-16(14-27-17-8-5-3-4-6-9-17)12-21(26)23(22)29-15-18-19(24)10-7-11-20(18)25/h7,10-13,17,27H,2-6,8-9,14-15H2,1H3. The fraction of sp³-hybridized carbons (Fsp3) is 0.478. The van der Waals surface area contributed by atoms with E-state index in [0.717, 1.165) is 17.7 Å². The summed E-state index contributed by atoms with van der Waals surface area (Å²) < 4.78 is 11.8. The first-order valence-corrected chi connectivity index (χ1v) is 11.5. The first-order valence-electron chi connectivity index (χ1n) is 10.3. The van der Waals surface area contributed by atoms with E-state index in [9.17, 15) is 0 Å². The van der Waals surface area contributed by atoms with Gasteiger partial charge in [0, 0.05) is 28.2 Å². The minimum atomic E-state index is 0.220. The van der Waals surface area contributed by atoms with Crippen LogP contribution in [0.2, 0.25) is 15.1 Å². The fourth-order valence-corrected chi connectivity index (χ4v) is 4.48. The van der Waals surface area contributed by atoms with Gasteiger partial charge in [-0.25, -0.2) is 0 Å². The van der Waals surface area contributed by atoms with Crippen LogP contribution >= 0.6 is 34.8 Å². The van der Waals surface area contributed by atoms with Crippen LogP contribution in [0.4, 0.5) is 0 Å². The van der Waals surface area contributed by atoms with Crippen LogP contribution < -0.4 is 14.8 Å². The lowest BCUT2D eigenvalue weighted by Crippen LogP contribution is -2.27. The van der Waals surface area contributed by atoms with Crippen molar-refractivity contribution >= 4 is 34.8 Å². The first kappa shape index (κ1) is 22.6. The van der Waals surface area contributed by atoms with E-state index < -0.39 is 0 Å². The Bertz CT molecular complexity index is 785. The molecule has 1 saturated carbocycles. The molecular weight excluding hydrogens is 429 g/mol. The Balaban J connectivity index is 1.72. The average Bonchev–Trinajstić information content (AvgIpc) is 2.96. The van der Waals surface area contributed by atoms with Crippen molar-refractivity contribution in [2.75, 3.05) is 6.61 Å². The SMILES string of the molecule is CCOc1cc(CNC2CCCCCC2)cc(Cl)c1OCc1c(Cl)cccc1Cl. The molecule has 0 amide bonds. The van der Waals surface area contributed by atoms with Crippen molar-refractivity contribution in [3.63, 3.8) is 0 Å². The molecule has 3 nitrogen and oxygen atoms in total. The molecule has 0 atom stereocenters. The number of hydrogen-bond donors (Lipinski definition) is 1. The van der Waals surface area contributed by atoms with E-state index in [1.54, 1.807) is 12.1 Å². The van der Waals surface area contributed by atoms with E-state index in [1.165, 1.54) is 38.5 Å². The third-order valence-corrected chi connectivity index (χ3v) is 6.23. The zero-order chi connectivity index (χ0) is 20.6. The Hall–Kier alpha value is -1.13. The summed E-state index contributed by atoms with van der Waals surface area (Å²) in [5.41, 5.74) is 1.82. The highest BCUT2D eigenvalue weighted by molar-refractivity contribution is 6.36. The number of ether oxygens (including phenoxy) is 2. The minimum Gasteiger partial charge on any atom is -0.490 e. The number of rotatable bonds is 8. The van der Waals surface area contributed by atoms with E-state index in [1.807, 2.05) is 25.1 Å². The summed E-state index contributed by atoms with van der Waals surface area (Å²) in [5, 5.41) is 5.33. The van der Waals surface area contributed by atoms with Crippen LogP contribution in [0.15, 0.2) is 30.3 Å². The zero-order valence-electron chi connectivity index (χ0n) is 16.8. The lowest BCUT2D eigenvalue weighted by Gasteiger charge is -2.19. The second kappa shape index (κ2) is 11.3. The van der Waals surface area contributed by atoms with E-state index >= 15 is 0 Å². The average molecular weight is 457 g/mol. The highest BCUT2D eigenvalue weighted by Crippen LogP contribution is 2.38. The molecule has 1 fully saturated rings. The summed E-state index contributed by atoms with van der Waals surface area (Å²) in [6.07, 6.45) is 7.79. The third kappa shape index (κ3) is 6.42. The van der Waals surface area contributed by atoms with Crippen LogP contribution in [-0.2, 0) is 13.2 Å². The van der Waals surface area contributed by atoms with Gasteiger partial charge in [0.1, 0.15) is 6.61 Å². The Morgan fingerprint density at radius 2 is 1.62 bits per heavy atom. The van der Waals surface area contributed by atoms with Gasteiger partial charge in [0.25, 0.3) is 0 Å². The largest absolute Gasteiger partial charge is 0.490 e. The molecule has 0 saturated heterocycles. The molecule has 1 N–H and O–H groups in total. The molecule has 0 radical (unpaired) electrons. The second-order valence-electron chi connectivity index (χ2n) is 7.40. The Morgan fingerprint density at radius 1 is 0.931 bits per heavy atom. The van der Waals surface area contributed by atoms with Gasteiger partial charge < -0.3 is 14.8 Å². The van der Waals surface area contributed by atoms with E-state index in [4.69, 9.17) is 44.3 Å². The summed E-state index contributed by atoms with van der Waals surface area (Å²) in [6, 6.07) is 9.91. The Kier molecular flexibility index (Phi) is 8.80. The highest BCUT2D eigenvalue weighted by atomic mass is 35.5. The van der Waals surface area contributed by atoms with Crippen LogP contribution in [0.5, 0.6) is 11.5 Å². The first-order chi connectivity index (χ1) is 14.1. The van der Waals surface area contributed by atoms with Gasteiger partial charge in [0.2, 0.25) is 0 Å². The predicted molar refractivity (Wildman–Crippen MR) is 122 cm³/mol.